The summed E-state index contributed by atoms with van der Waals surface area (Å²) in [7, 11) is 0. The molecule has 2 aliphatic heterocycles. The predicted molar refractivity (Wildman–Crippen MR) is 144 cm³/mol. The number of fused-ring (bicyclic) bond motifs is 1. The van der Waals surface area contributed by atoms with E-state index in [0.29, 0.717) is 35.7 Å². The molecule has 1 amide bonds. The van der Waals surface area contributed by atoms with E-state index in [0.717, 1.165) is 16.9 Å². The van der Waals surface area contributed by atoms with Gasteiger partial charge in [0.25, 0.3) is 11.7 Å². The topological polar surface area (TPSA) is 89.2 Å². The summed E-state index contributed by atoms with van der Waals surface area (Å²) in [4.78, 5) is 28.2. The lowest BCUT2D eigenvalue weighted by atomic mass is 9.94. The van der Waals surface area contributed by atoms with Crippen molar-refractivity contribution in [3.05, 3.63) is 125 Å². The van der Waals surface area contributed by atoms with Crippen molar-refractivity contribution >= 4 is 17.4 Å². The van der Waals surface area contributed by atoms with Crippen LogP contribution >= 0.6 is 0 Å². The molecule has 39 heavy (non-hydrogen) atoms. The third kappa shape index (κ3) is 4.79. The summed E-state index contributed by atoms with van der Waals surface area (Å²) in [6, 6.07) is 25.0. The Balaban J connectivity index is 1.40. The number of carbonyl (C=O) groups is 2. The van der Waals surface area contributed by atoms with Crippen molar-refractivity contribution in [3.63, 3.8) is 0 Å². The van der Waals surface area contributed by atoms with Crippen molar-refractivity contribution in [1.82, 2.24) is 4.90 Å². The first-order valence-electron chi connectivity index (χ1n) is 12.9. The second-order valence-corrected chi connectivity index (χ2v) is 9.81. The second-order valence-electron chi connectivity index (χ2n) is 9.81. The fraction of sp³-hybridized carbons (Fsp3) is 0.188. The summed E-state index contributed by atoms with van der Waals surface area (Å²) in [6.45, 7) is 2.42. The van der Waals surface area contributed by atoms with E-state index in [4.69, 9.17) is 13.9 Å². The Bertz CT molecular complexity index is 1560. The Labute approximate surface area is 225 Å². The normalized spacial score (nSPS) is 19.7. The highest BCUT2D eigenvalue weighted by Gasteiger charge is 2.46. The van der Waals surface area contributed by atoms with E-state index in [2.05, 4.69) is 0 Å². The molecule has 0 aliphatic carbocycles. The second kappa shape index (κ2) is 10.2. The first-order chi connectivity index (χ1) is 19.0. The van der Waals surface area contributed by atoms with Crippen molar-refractivity contribution in [1.29, 1.82) is 0 Å². The highest BCUT2D eigenvalue weighted by molar-refractivity contribution is 6.46. The Hall–Kier alpha value is -4.78. The lowest BCUT2D eigenvalue weighted by Gasteiger charge is -2.25. The van der Waals surface area contributed by atoms with E-state index in [9.17, 15) is 14.7 Å². The molecule has 0 saturated carbocycles. The molecule has 0 unspecified atom stereocenters. The molecule has 0 radical (unpaired) electrons. The van der Waals surface area contributed by atoms with E-state index in [1.54, 1.807) is 30.3 Å². The molecule has 7 heteroatoms. The lowest BCUT2D eigenvalue weighted by molar-refractivity contribution is -0.140. The SMILES string of the molecule is C[C@@H]1Cc2cc(/C(O)=C3\C(=O)C(=O)N(Cc4ccco4)[C@H]3c3cccc(OCc4ccccc4)c3)ccc2O1. The zero-order chi connectivity index (χ0) is 26.9. The molecule has 4 aromatic rings. The van der Waals surface area contributed by atoms with Crippen LogP contribution in [0.15, 0.2) is 101 Å². The molecule has 196 valence electrons. The standard InChI is InChI=1S/C32H27NO6/c1-20-15-24-16-23(12-13-27(24)39-20)30(34)28-29(33(32(36)31(28)35)18-26-11-6-14-37-26)22-9-5-10-25(17-22)38-19-21-7-3-2-4-8-21/h2-14,16-17,20,29,34H,15,18-19H2,1H3/b30-28+/t20-,29+/m1/s1. The Morgan fingerprint density at radius 2 is 1.85 bits per heavy atom. The van der Waals surface area contributed by atoms with E-state index in [1.165, 1.54) is 11.2 Å². The number of aliphatic hydroxyl groups is 1. The summed E-state index contributed by atoms with van der Waals surface area (Å²) in [6.07, 6.45) is 2.26. The van der Waals surface area contributed by atoms with Gasteiger partial charge in [-0.05, 0) is 66.1 Å². The first kappa shape index (κ1) is 24.6. The number of amides is 1. The molecule has 0 spiro atoms. The van der Waals surface area contributed by atoms with Gasteiger partial charge in [0.15, 0.2) is 0 Å². The Morgan fingerprint density at radius 3 is 2.64 bits per heavy atom. The number of hydrogen-bond donors (Lipinski definition) is 1. The van der Waals surface area contributed by atoms with Gasteiger partial charge in [0.1, 0.15) is 35.7 Å². The van der Waals surface area contributed by atoms with E-state index >= 15 is 0 Å². The monoisotopic (exact) mass is 521 g/mol. The summed E-state index contributed by atoms with van der Waals surface area (Å²) < 4.78 is 17.3. The Morgan fingerprint density at radius 1 is 1.00 bits per heavy atom. The van der Waals surface area contributed by atoms with Gasteiger partial charge in [0.2, 0.25) is 0 Å². The number of furan rings is 1. The maximum absolute atomic E-state index is 13.4. The zero-order valence-electron chi connectivity index (χ0n) is 21.4. The molecule has 2 atom stereocenters. The fourth-order valence-corrected chi connectivity index (χ4v) is 5.20. The summed E-state index contributed by atoms with van der Waals surface area (Å²) in [5, 5.41) is 11.5. The van der Waals surface area contributed by atoms with E-state index in [-0.39, 0.29) is 24.0 Å². The van der Waals surface area contributed by atoms with Crippen molar-refractivity contribution in [2.45, 2.75) is 38.6 Å². The van der Waals surface area contributed by atoms with Gasteiger partial charge in [0, 0.05) is 12.0 Å². The van der Waals surface area contributed by atoms with Gasteiger partial charge in [-0.2, -0.15) is 0 Å². The molecule has 1 saturated heterocycles. The minimum absolute atomic E-state index is 0.0266. The van der Waals surface area contributed by atoms with Gasteiger partial charge < -0.3 is 23.9 Å². The van der Waals surface area contributed by atoms with E-state index < -0.39 is 17.7 Å². The molecule has 1 aromatic heterocycles. The molecule has 1 N–H and O–H groups in total. The number of ether oxygens (including phenoxy) is 2. The number of aliphatic hydroxyl groups excluding tert-OH is 1. The molecule has 3 aromatic carbocycles. The van der Waals surface area contributed by atoms with Crippen molar-refractivity contribution in [3.8, 4) is 11.5 Å². The molecule has 1 fully saturated rings. The third-order valence-corrected chi connectivity index (χ3v) is 7.04. The summed E-state index contributed by atoms with van der Waals surface area (Å²) in [5.74, 6) is 0.206. The fourth-order valence-electron chi connectivity index (χ4n) is 5.20. The summed E-state index contributed by atoms with van der Waals surface area (Å²) >= 11 is 0. The lowest BCUT2D eigenvalue weighted by Crippen LogP contribution is -2.29. The number of hydrogen-bond acceptors (Lipinski definition) is 6. The highest BCUT2D eigenvalue weighted by Crippen LogP contribution is 2.42. The van der Waals surface area contributed by atoms with Crippen LogP contribution in [0.4, 0.5) is 0 Å². The van der Waals surface area contributed by atoms with Crippen molar-refractivity contribution in [2.24, 2.45) is 0 Å². The van der Waals surface area contributed by atoms with Crippen LogP contribution in [0.1, 0.15) is 41.0 Å². The summed E-state index contributed by atoms with van der Waals surface area (Å²) in [5.41, 5.74) is 3.10. The molecule has 7 nitrogen and oxygen atoms in total. The number of benzene rings is 3. The van der Waals surface area contributed by atoms with Crippen molar-refractivity contribution in [2.75, 3.05) is 0 Å². The molecule has 0 bridgehead atoms. The van der Waals surface area contributed by atoms with Gasteiger partial charge in [-0.3, -0.25) is 9.59 Å². The number of likely N-dealkylation sites (tertiary alicyclic amines) is 1. The average Bonchev–Trinajstić information content (AvgIpc) is 3.66. The van der Waals surface area contributed by atoms with Crippen LogP contribution in [0.2, 0.25) is 0 Å². The minimum atomic E-state index is -0.834. The van der Waals surface area contributed by atoms with Gasteiger partial charge >= 0.3 is 0 Å². The minimum Gasteiger partial charge on any atom is -0.507 e. The first-order valence-corrected chi connectivity index (χ1v) is 12.9. The molecule has 6 rings (SSSR count). The van der Waals surface area contributed by atoms with E-state index in [1.807, 2.05) is 61.5 Å². The van der Waals surface area contributed by atoms with Crippen LogP contribution in [0.5, 0.6) is 11.5 Å². The molecule has 3 heterocycles. The number of Topliss-reactive ketones (excluding diaryl/α,β-unsaturated/α-hetero) is 1. The largest absolute Gasteiger partial charge is 0.507 e. The highest BCUT2D eigenvalue weighted by atomic mass is 16.5. The van der Waals surface area contributed by atoms with Crippen LogP contribution in [0.25, 0.3) is 5.76 Å². The van der Waals surface area contributed by atoms with Crippen LogP contribution in [0, 0.1) is 0 Å². The van der Waals surface area contributed by atoms with Crippen LogP contribution in [-0.2, 0) is 29.2 Å². The van der Waals surface area contributed by atoms with Gasteiger partial charge in [-0.1, -0.05) is 42.5 Å². The smallest absolute Gasteiger partial charge is 0.296 e. The average molecular weight is 522 g/mol. The van der Waals surface area contributed by atoms with Crippen LogP contribution in [0.3, 0.4) is 0 Å². The molecule has 2 aliphatic rings. The quantitative estimate of drug-likeness (QED) is 0.188. The van der Waals surface area contributed by atoms with Gasteiger partial charge in [-0.25, -0.2) is 0 Å². The predicted octanol–water partition coefficient (Wildman–Crippen LogP) is 5.80. The molecular formula is C32H27NO6. The van der Waals surface area contributed by atoms with Crippen molar-refractivity contribution < 1.29 is 28.6 Å². The number of nitrogens with zero attached hydrogens (tertiary/aromatic N) is 1. The number of rotatable bonds is 7. The zero-order valence-corrected chi connectivity index (χ0v) is 21.4. The number of ketones is 1. The maximum Gasteiger partial charge on any atom is 0.296 e. The van der Waals surface area contributed by atoms with Gasteiger partial charge in [-0.15, -0.1) is 0 Å². The third-order valence-electron chi connectivity index (χ3n) is 7.04. The number of carbonyl (C=O) groups excluding carboxylic acids is 2. The maximum atomic E-state index is 13.4. The molecular weight excluding hydrogens is 494 g/mol. The van der Waals surface area contributed by atoms with Crippen LogP contribution in [-0.4, -0.2) is 27.8 Å². The Kier molecular flexibility index (Phi) is 6.40. The van der Waals surface area contributed by atoms with Crippen LogP contribution < -0.4 is 9.47 Å². The van der Waals surface area contributed by atoms with Gasteiger partial charge in [0.05, 0.1) is 24.4 Å².